The molecule has 0 heterocycles. The summed E-state index contributed by atoms with van der Waals surface area (Å²) in [6.07, 6.45) is 1.32. The Labute approximate surface area is 156 Å². The molecule has 1 N–H and O–H groups in total. The molecule has 26 heavy (non-hydrogen) atoms. The smallest absolute Gasteiger partial charge is 0.272 e. The van der Waals surface area contributed by atoms with Gasteiger partial charge >= 0.3 is 5.69 Å². The van der Waals surface area contributed by atoms with Crippen molar-refractivity contribution in [3.63, 3.8) is 0 Å². The van der Waals surface area contributed by atoms with Gasteiger partial charge in [-0.2, -0.15) is 5.10 Å². The Morgan fingerprint density at radius 2 is 1.81 bits per heavy atom. The summed E-state index contributed by atoms with van der Waals surface area (Å²) in [6, 6.07) is 3.63. The summed E-state index contributed by atoms with van der Waals surface area (Å²) in [5.41, 5.74) is 3.66. The average molecular weight is 419 g/mol. The number of non-ortho nitro benzene ring substituents is 1. The van der Waals surface area contributed by atoms with Gasteiger partial charge in [0.15, 0.2) is 0 Å². The van der Waals surface area contributed by atoms with E-state index in [4.69, 9.17) is 0 Å². The van der Waals surface area contributed by atoms with Crippen LogP contribution in [0.25, 0.3) is 0 Å². The number of halogens is 1. The van der Waals surface area contributed by atoms with Gasteiger partial charge in [0, 0.05) is 28.4 Å². The summed E-state index contributed by atoms with van der Waals surface area (Å²) in [5.74, 6) is 5.54. The molecule has 0 spiro atoms. The fourth-order valence-corrected chi connectivity index (χ4v) is 8.80. The van der Waals surface area contributed by atoms with Gasteiger partial charge in [-0.15, -0.1) is 0 Å². The second-order valence-corrected chi connectivity index (χ2v) is 9.29. The van der Waals surface area contributed by atoms with E-state index in [1.165, 1.54) is 24.3 Å². The van der Waals surface area contributed by atoms with Crippen molar-refractivity contribution in [2.75, 3.05) is 5.43 Å². The van der Waals surface area contributed by atoms with E-state index in [2.05, 4.69) is 26.5 Å². The number of hydrazone groups is 1. The van der Waals surface area contributed by atoms with E-state index in [0.29, 0.717) is 22.6 Å². The summed E-state index contributed by atoms with van der Waals surface area (Å²) >= 11 is 3.93. The monoisotopic (exact) mass is 418 g/mol. The second-order valence-electron chi connectivity index (χ2n) is 8.23. The number of nitro groups is 2. The van der Waals surface area contributed by atoms with Gasteiger partial charge in [-0.1, -0.05) is 15.9 Å². The van der Waals surface area contributed by atoms with Crippen LogP contribution in [0.3, 0.4) is 0 Å². The van der Waals surface area contributed by atoms with Crippen molar-refractivity contribution >= 4 is 38.7 Å². The third-order valence-electron chi connectivity index (χ3n) is 7.73. The van der Waals surface area contributed by atoms with Crippen molar-refractivity contribution in [1.29, 1.82) is 0 Å². The van der Waals surface area contributed by atoms with E-state index in [9.17, 15) is 20.2 Å². The number of rotatable bonds is 4. The van der Waals surface area contributed by atoms with Crippen LogP contribution in [0, 0.1) is 67.6 Å². The maximum absolute atomic E-state index is 11.3. The lowest BCUT2D eigenvalue weighted by molar-refractivity contribution is -0.393. The van der Waals surface area contributed by atoms with Gasteiger partial charge < -0.3 is 0 Å². The molecule has 9 heteroatoms. The maximum Gasteiger partial charge on any atom is 0.301 e. The molecule has 6 fully saturated rings. The Kier molecular flexibility index (Phi) is 2.68. The molecule has 0 unspecified atom stereocenters. The van der Waals surface area contributed by atoms with Crippen molar-refractivity contribution < 1.29 is 9.85 Å². The van der Waals surface area contributed by atoms with Crippen LogP contribution in [0.2, 0.25) is 0 Å². The number of hydrogen-bond acceptors (Lipinski definition) is 6. The van der Waals surface area contributed by atoms with E-state index >= 15 is 0 Å². The van der Waals surface area contributed by atoms with Crippen molar-refractivity contribution in [3.05, 3.63) is 38.4 Å². The summed E-state index contributed by atoms with van der Waals surface area (Å²) in [6.45, 7) is 0. The number of anilines is 1. The Balaban J connectivity index is 1.35. The number of benzene rings is 1. The zero-order chi connectivity index (χ0) is 17.9. The minimum Gasteiger partial charge on any atom is -0.272 e. The molecule has 6 bridgehead atoms. The van der Waals surface area contributed by atoms with Crippen LogP contribution in [0.4, 0.5) is 17.1 Å². The van der Waals surface area contributed by atoms with Crippen LogP contribution in [0.1, 0.15) is 6.42 Å². The van der Waals surface area contributed by atoms with Gasteiger partial charge in [-0.05, 0) is 48.0 Å². The summed E-state index contributed by atoms with van der Waals surface area (Å²) in [7, 11) is 0. The molecule has 0 saturated heterocycles. The predicted molar refractivity (Wildman–Crippen MR) is 96.1 cm³/mol. The molecule has 8 nitrogen and oxygen atoms in total. The van der Waals surface area contributed by atoms with E-state index in [0.717, 1.165) is 35.7 Å². The summed E-state index contributed by atoms with van der Waals surface area (Å²) in [4.78, 5) is 21.5. The number of alkyl halides is 1. The van der Waals surface area contributed by atoms with Crippen molar-refractivity contribution in [2.45, 2.75) is 11.2 Å². The van der Waals surface area contributed by atoms with Crippen molar-refractivity contribution in [1.82, 2.24) is 0 Å². The Morgan fingerprint density at radius 3 is 2.50 bits per heavy atom. The quantitative estimate of drug-likeness (QED) is 0.457. The molecule has 1 aromatic rings. The first-order chi connectivity index (χ1) is 12.5. The molecule has 9 atom stereocenters. The summed E-state index contributed by atoms with van der Waals surface area (Å²) in [5, 5.41) is 26.8. The maximum atomic E-state index is 11.3. The lowest BCUT2D eigenvalue weighted by Gasteiger charge is -2.32. The van der Waals surface area contributed by atoms with E-state index in [1.54, 1.807) is 0 Å². The molecule has 6 aliphatic rings. The third-order valence-corrected chi connectivity index (χ3v) is 8.96. The molecule has 6 aliphatic carbocycles. The van der Waals surface area contributed by atoms with E-state index < -0.39 is 9.85 Å². The topological polar surface area (TPSA) is 111 Å². The molecule has 0 aromatic heterocycles. The van der Waals surface area contributed by atoms with Crippen molar-refractivity contribution in [2.24, 2.45) is 52.4 Å². The molecule has 0 radical (unpaired) electrons. The third kappa shape index (κ3) is 1.51. The zero-order valence-corrected chi connectivity index (χ0v) is 15.1. The van der Waals surface area contributed by atoms with Crippen LogP contribution in [0.5, 0.6) is 0 Å². The fraction of sp³-hybridized carbons (Fsp3) is 0.588. The van der Waals surface area contributed by atoms with Gasteiger partial charge in [-0.25, -0.2) is 0 Å². The van der Waals surface area contributed by atoms with Gasteiger partial charge in [0.1, 0.15) is 5.69 Å². The minimum atomic E-state index is -0.631. The molecule has 134 valence electrons. The molecule has 7 rings (SSSR count). The summed E-state index contributed by atoms with van der Waals surface area (Å²) < 4.78 is 0. The first-order valence-corrected chi connectivity index (χ1v) is 9.81. The Bertz CT molecular complexity index is 918. The first kappa shape index (κ1) is 15.1. The minimum absolute atomic E-state index is 0.210. The zero-order valence-electron chi connectivity index (χ0n) is 13.5. The standard InChI is InChI=1S/C17H15BrN4O4/c18-16-12-6-4-7-10(12)15-14(16)11(6)13(7)17(15)20-19-8-2-1-5(21(23)24)3-9(8)22(25)26/h1-3,6-7,10-16,19H,4H2/b20-17-/t6-,7+,10+,11+,12-,13-,14-,15+,16+/m0/s1. The Morgan fingerprint density at radius 1 is 1.04 bits per heavy atom. The fourth-order valence-electron chi connectivity index (χ4n) is 7.38. The highest BCUT2D eigenvalue weighted by atomic mass is 79.9. The van der Waals surface area contributed by atoms with Crippen LogP contribution in [-0.2, 0) is 0 Å². The van der Waals surface area contributed by atoms with Gasteiger partial charge in [0.05, 0.1) is 15.9 Å². The molecule has 6 saturated carbocycles. The molecule has 0 aliphatic heterocycles. The lowest BCUT2D eigenvalue weighted by atomic mass is 9.71. The van der Waals surface area contributed by atoms with Crippen LogP contribution in [-0.4, -0.2) is 20.4 Å². The predicted octanol–water partition coefficient (Wildman–Crippen LogP) is 3.42. The van der Waals surface area contributed by atoms with Crippen LogP contribution in [0.15, 0.2) is 23.3 Å². The number of nitrogens with one attached hydrogen (secondary N) is 1. The molecular formula is C17H15BrN4O4. The highest BCUT2D eigenvalue weighted by molar-refractivity contribution is 9.09. The number of nitro benzene ring substituents is 2. The second kappa shape index (κ2) is 4.62. The average Bonchev–Trinajstić information content (AvgIpc) is 3.35. The van der Waals surface area contributed by atoms with Crippen LogP contribution >= 0.6 is 15.9 Å². The van der Waals surface area contributed by atoms with Gasteiger partial charge in [-0.3, -0.25) is 25.7 Å². The molecular weight excluding hydrogens is 404 g/mol. The van der Waals surface area contributed by atoms with E-state index in [-0.39, 0.29) is 17.1 Å². The SMILES string of the molecule is O=[N+]([O-])c1ccc(N/N=C2/[C@H]3[C@@H]4C[C@H]5[C@H]3[C@@H]3[C@H](Br)[C@@H]5[C@@H]4[C@@H]23)c([N+](=O)[O-])c1. The lowest BCUT2D eigenvalue weighted by Crippen LogP contribution is -2.30. The molecule has 1 aromatic carbocycles. The largest absolute Gasteiger partial charge is 0.301 e. The highest BCUT2D eigenvalue weighted by Gasteiger charge is 2.82. The van der Waals surface area contributed by atoms with Crippen molar-refractivity contribution in [3.8, 4) is 0 Å². The first-order valence-electron chi connectivity index (χ1n) is 8.89. The van der Waals surface area contributed by atoms with E-state index in [1.807, 2.05) is 0 Å². The Hall–Kier alpha value is -2.03. The normalized spacial score (nSPS) is 46.8. The number of nitrogens with zero attached hydrogens (tertiary/aromatic N) is 3. The molecule has 0 amide bonds. The number of hydrogen-bond donors (Lipinski definition) is 1. The van der Waals surface area contributed by atoms with Gasteiger partial charge in [0.2, 0.25) is 0 Å². The van der Waals surface area contributed by atoms with Gasteiger partial charge in [0.25, 0.3) is 5.69 Å². The highest BCUT2D eigenvalue weighted by Crippen LogP contribution is 2.82. The van der Waals surface area contributed by atoms with Crippen LogP contribution < -0.4 is 5.43 Å².